The molecule has 0 unspecified atom stereocenters. The van der Waals surface area contributed by atoms with Crippen LogP contribution in [0.5, 0.6) is 0 Å². The summed E-state index contributed by atoms with van der Waals surface area (Å²) in [6.07, 6.45) is 5.00. The Morgan fingerprint density at radius 2 is 1.53 bits per heavy atom. The molecule has 14 heteroatoms. The molecule has 1 fully saturated rings. The van der Waals surface area contributed by atoms with E-state index >= 15 is 0 Å². The molecule has 6 rings (SSSR count). The molecule has 4 aromatic rings. The third-order valence-corrected chi connectivity index (χ3v) is 16.9. The molecule has 0 radical (unpaired) electrons. The van der Waals surface area contributed by atoms with E-state index in [0.717, 1.165) is 39.2 Å². The minimum Gasteiger partial charge on any atom is -0.448 e. The highest BCUT2D eigenvalue weighted by Crippen LogP contribution is 2.45. The first-order valence-corrected chi connectivity index (χ1v) is 27.0. The summed E-state index contributed by atoms with van der Waals surface area (Å²) in [6, 6.07) is 25.6. The first-order valence-electron chi connectivity index (χ1n) is 24.8. The van der Waals surface area contributed by atoms with Crippen molar-refractivity contribution in [3.05, 3.63) is 112 Å². The minimum absolute atomic E-state index is 0.0195. The predicted octanol–water partition coefficient (Wildman–Crippen LogP) is 9.95. The van der Waals surface area contributed by atoms with Gasteiger partial charge in [0, 0.05) is 82.8 Å². The Labute approximate surface area is 424 Å². The summed E-state index contributed by atoms with van der Waals surface area (Å²) in [4.78, 5) is 80.8. The Bertz CT molecular complexity index is 2330. The third kappa shape index (κ3) is 12.4. The summed E-state index contributed by atoms with van der Waals surface area (Å²) in [6.45, 7) is 10.0. The molecule has 3 amide bonds. The van der Waals surface area contributed by atoms with Crippen LogP contribution >= 0.6 is 23.1 Å². The number of ether oxygens (including phenoxy) is 3. The van der Waals surface area contributed by atoms with Crippen LogP contribution in [0.3, 0.4) is 0 Å². The topological polar surface area (TPSA) is 136 Å². The van der Waals surface area contributed by atoms with E-state index in [9.17, 15) is 24.0 Å². The number of Topliss-reactive ketones (excluding diaryl/α,β-unsaturated/α-hetero) is 2. The lowest BCUT2D eigenvalue weighted by molar-refractivity contribution is -0.148. The normalized spacial score (nSPS) is 17.6. The van der Waals surface area contributed by atoms with Crippen LogP contribution < -0.4 is 0 Å². The van der Waals surface area contributed by atoms with Crippen molar-refractivity contribution in [2.75, 3.05) is 53.5 Å². The smallest absolute Gasteiger partial charge is 0.410 e. The van der Waals surface area contributed by atoms with Crippen LogP contribution in [0.25, 0.3) is 11.1 Å². The number of benzene rings is 3. The molecular formula is C56H74N4O8S2. The summed E-state index contributed by atoms with van der Waals surface area (Å²) in [5.74, 6) is -1.61. The van der Waals surface area contributed by atoms with Crippen molar-refractivity contribution in [3.63, 3.8) is 0 Å². The lowest BCUT2D eigenvalue weighted by Gasteiger charge is -2.40. The van der Waals surface area contributed by atoms with E-state index < -0.39 is 41.7 Å². The Balaban J connectivity index is 1.10. The van der Waals surface area contributed by atoms with Crippen molar-refractivity contribution in [1.82, 2.24) is 19.7 Å². The molecule has 70 heavy (non-hydrogen) atoms. The van der Waals surface area contributed by atoms with Gasteiger partial charge in [0.2, 0.25) is 11.8 Å². The number of fused-ring (bicyclic) bond motifs is 3. The SMILES string of the molecule is CC[C@H](C)[C@@H]([C@@H](CC(=O)N1CCC[C@H]1[C@H](OC)[C@@H](C)C(=O)C[C@@H](Cc1ccccc1)c1nccs1)OC)N(C)C(=O)[C@H](CSC)CC(=O)C(C)(C)N(C)C(=O)OCC1c2ccccc2-c2ccccc21. The number of amides is 3. The molecule has 1 aromatic heterocycles. The van der Waals surface area contributed by atoms with Crippen molar-refractivity contribution < 1.29 is 38.2 Å². The largest absolute Gasteiger partial charge is 0.448 e. The van der Waals surface area contributed by atoms with E-state index in [1.807, 2.05) is 72.8 Å². The number of aromatic nitrogens is 1. The van der Waals surface area contributed by atoms with Gasteiger partial charge in [-0.1, -0.05) is 106 Å². The summed E-state index contributed by atoms with van der Waals surface area (Å²) in [5.41, 5.74) is 4.30. The van der Waals surface area contributed by atoms with E-state index in [4.69, 9.17) is 14.2 Å². The average Bonchev–Trinajstić information content (AvgIpc) is 4.16. The Morgan fingerprint density at radius 1 is 0.886 bits per heavy atom. The molecular weight excluding hydrogens is 921 g/mol. The summed E-state index contributed by atoms with van der Waals surface area (Å²) in [5, 5.41) is 2.87. The fourth-order valence-corrected chi connectivity index (χ4v) is 12.0. The van der Waals surface area contributed by atoms with Crippen molar-refractivity contribution >= 4 is 52.6 Å². The Morgan fingerprint density at radius 3 is 2.11 bits per heavy atom. The molecule has 378 valence electrons. The molecule has 0 bridgehead atoms. The van der Waals surface area contributed by atoms with E-state index in [1.54, 1.807) is 64.6 Å². The summed E-state index contributed by atoms with van der Waals surface area (Å²) in [7, 11) is 6.50. The number of likely N-dealkylation sites (tertiary alicyclic amines) is 1. The second-order valence-corrected chi connectivity index (χ2v) is 21.6. The summed E-state index contributed by atoms with van der Waals surface area (Å²) < 4.78 is 18.2. The van der Waals surface area contributed by atoms with Crippen molar-refractivity contribution in [3.8, 4) is 11.1 Å². The monoisotopic (exact) mass is 994 g/mol. The molecule has 0 N–H and O–H groups in total. The quantitative estimate of drug-likeness (QED) is 0.0632. The van der Waals surface area contributed by atoms with Crippen LogP contribution in [0.4, 0.5) is 4.79 Å². The van der Waals surface area contributed by atoms with Gasteiger partial charge in [0.1, 0.15) is 12.4 Å². The Kier molecular flexibility index (Phi) is 19.4. The average molecular weight is 995 g/mol. The first kappa shape index (κ1) is 54.4. The zero-order valence-electron chi connectivity index (χ0n) is 42.8. The van der Waals surface area contributed by atoms with Crippen molar-refractivity contribution in [2.24, 2.45) is 17.8 Å². The molecule has 2 heterocycles. The summed E-state index contributed by atoms with van der Waals surface area (Å²) >= 11 is 3.04. The van der Waals surface area contributed by atoms with Crippen LogP contribution in [-0.4, -0.2) is 132 Å². The number of hydrogen-bond acceptors (Lipinski definition) is 11. The van der Waals surface area contributed by atoms with Gasteiger partial charge in [0.05, 0.1) is 47.2 Å². The molecule has 8 atom stereocenters. The van der Waals surface area contributed by atoms with E-state index in [2.05, 4.69) is 48.3 Å². The standard InChI is InChI=1S/C56H74N4O8S2/c1-11-36(2)51(48(66-8)33-50(63)60-28-19-26-46(60)52(67-9)37(3)47(61)31-39(53-57-27-29-70-53)30-38-20-13-12-14-21-38)58(6)54(64)40(35-69-10)32-49(62)56(4,5)59(7)55(65)68-34-45-43-24-17-15-22-41(43)42-23-16-18-25-44(42)45/h12-18,20-25,27,29,36-37,39-40,45-46,48,51-52H,11,19,26,28,30-35H2,1-10H3/t36-,37-,39+,40-,46-,48+,51-,52+/m0/s1. The number of carbonyl (C=O) groups excluding carboxylic acids is 5. The van der Waals surface area contributed by atoms with Gasteiger partial charge in [0.15, 0.2) is 5.78 Å². The highest BCUT2D eigenvalue weighted by atomic mass is 32.2. The number of hydrogen-bond donors (Lipinski definition) is 0. The molecule has 3 aromatic carbocycles. The second-order valence-electron chi connectivity index (χ2n) is 19.7. The minimum atomic E-state index is -1.28. The zero-order chi connectivity index (χ0) is 50.7. The lowest BCUT2D eigenvalue weighted by Crippen LogP contribution is -2.55. The maximum absolute atomic E-state index is 14.7. The first-order chi connectivity index (χ1) is 33.6. The number of thioether (sulfide) groups is 1. The second kappa shape index (κ2) is 25.0. The van der Waals surface area contributed by atoms with Gasteiger partial charge in [-0.15, -0.1) is 11.3 Å². The zero-order valence-corrected chi connectivity index (χ0v) is 44.4. The van der Waals surface area contributed by atoms with Crippen LogP contribution in [0.15, 0.2) is 90.4 Å². The Hall–Kier alpha value is -4.89. The maximum atomic E-state index is 14.7. The number of methoxy groups -OCH3 is 2. The van der Waals surface area contributed by atoms with Gasteiger partial charge in [-0.2, -0.15) is 11.8 Å². The molecule has 0 saturated carbocycles. The van der Waals surface area contributed by atoms with E-state index in [0.29, 0.717) is 38.0 Å². The maximum Gasteiger partial charge on any atom is 0.410 e. The van der Waals surface area contributed by atoms with Crippen LogP contribution in [0.2, 0.25) is 0 Å². The highest BCUT2D eigenvalue weighted by Gasteiger charge is 2.44. The number of rotatable bonds is 25. The van der Waals surface area contributed by atoms with Gasteiger partial charge in [0.25, 0.3) is 0 Å². The lowest BCUT2D eigenvalue weighted by atomic mass is 9.85. The predicted molar refractivity (Wildman–Crippen MR) is 279 cm³/mol. The van der Waals surface area contributed by atoms with Gasteiger partial charge < -0.3 is 24.0 Å². The molecule has 1 aliphatic heterocycles. The molecule has 2 aliphatic rings. The van der Waals surface area contributed by atoms with Gasteiger partial charge in [-0.25, -0.2) is 9.78 Å². The fourth-order valence-electron chi connectivity index (χ4n) is 10.6. The molecule has 1 saturated heterocycles. The number of thiazole rings is 1. The van der Waals surface area contributed by atoms with E-state index in [-0.39, 0.29) is 66.6 Å². The van der Waals surface area contributed by atoms with Crippen molar-refractivity contribution in [2.45, 2.75) is 121 Å². The van der Waals surface area contributed by atoms with Crippen LogP contribution in [-0.2, 0) is 39.8 Å². The van der Waals surface area contributed by atoms with Gasteiger partial charge in [-0.3, -0.25) is 24.1 Å². The number of ketones is 2. The number of carbonyl (C=O) groups is 5. The van der Waals surface area contributed by atoms with Gasteiger partial charge >= 0.3 is 6.09 Å². The molecule has 12 nitrogen and oxygen atoms in total. The molecule has 0 spiro atoms. The van der Waals surface area contributed by atoms with Crippen LogP contribution in [0, 0.1) is 17.8 Å². The third-order valence-electron chi connectivity index (χ3n) is 15.2. The van der Waals surface area contributed by atoms with Gasteiger partial charge in [-0.05, 0) is 73.1 Å². The number of likely N-dealkylation sites (N-methyl/N-ethyl adjacent to an activating group) is 2. The number of nitrogens with zero attached hydrogens (tertiary/aromatic N) is 4. The van der Waals surface area contributed by atoms with Crippen LogP contribution in [0.1, 0.15) is 107 Å². The molecule has 1 aliphatic carbocycles. The van der Waals surface area contributed by atoms with E-state index in [1.165, 1.54) is 16.7 Å². The van der Waals surface area contributed by atoms with Crippen molar-refractivity contribution in [1.29, 1.82) is 0 Å². The highest BCUT2D eigenvalue weighted by molar-refractivity contribution is 7.98. The fraction of sp³-hybridized carbons (Fsp3) is 0.536.